The molecule has 3 fully saturated rings. The minimum absolute atomic E-state index is 0.0144. The smallest absolute Gasteiger partial charge is 0.306 e. The van der Waals surface area contributed by atoms with Gasteiger partial charge in [-0.1, -0.05) is 78.9 Å². The lowest BCUT2D eigenvalue weighted by Crippen LogP contribution is -2.47. The van der Waals surface area contributed by atoms with Crippen LogP contribution < -0.4 is 0 Å². The summed E-state index contributed by atoms with van der Waals surface area (Å²) in [6.45, 7) is 15.8. The van der Waals surface area contributed by atoms with Gasteiger partial charge in [-0.2, -0.15) is 0 Å². The average molecular weight is 515 g/mol. The number of allylic oxidation sites excluding steroid dienone is 1. The fourth-order valence-electron chi connectivity index (χ4n) is 8.32. The van der Waals surface area contributed by atoms with E-state index in [0.717, 1.165) is 42.9 Å². The van der Waals surface area contributed by atoms with Crippen LogP contribution in [0.1, 0.15) is 145 Å². The molecule has 3 aliphatic rings. The van der Waals surface area contributed by atoms with Crippen molar-refractivity contribution in [3.8, 4) is 0 Å². The Morgan fingerprint density at radius 3 is 2.41 bits per heavy atom. The van der Waals surface area contributed by atoms with Crippen LogP contribution in [0.5, 0.6) is 0 Å². The fraction of sp³-hybridized carbons (Fsp3) is 0.882. The standard InChI is InChI=1S/C34H58O3/c1-8-26-23-30(37-32(36)17-16-31(35)25(4)5)19-21-33(26,6)29-18-20-34(7)27(13-10-9-12-24(2)3)14-11-15-28(34)22-29/h8,24-25,27-30H,9-23H2,1-7H3/b26-8-. The minimum Gasteiger partial charge on any atom is -0.462 e. The third-order valence-electron chi connectivity index (χ3n) is 11.1. The number of ketones is 1. The summed E-state index contributed by atoms with van der Waals surface area (Å²) in [6.07, 6.45) is 19.8. The van der Waals surface area contributed by atoms with Crippen LogP contribution >= 0.6 is 0 Å². The van der Waals surface area contributed by atoms with Gasteiger partial charge in [-0.05, 0) is 92.8 Å². The average Bonchev–Trinajstić information content (AvgIpc) is 2.85. The van der Waals surface area contributed by atoms with Gasteiger partial charge in [0.05, 0.1) is 6.42 Å². The van der Waals surface area contributed by atoms with Crippen molar-refractivity contribution in [3.63, 3.8) is 0 Å². The Kier molecular flexibility index (Phi) is 10.9. The number of hydrogen-bond donors (Lipinski definition) is 0. The van der Waals surface area contributed by atoms with E-state index in [2.05, 4.69) is 40.7 Å². The molecule has 0 heterocycles. The molecule has 0 aromatic carbocycles. The van der Waals surface area contributed by atoms with Crippen molar-refractivity contribution in [3.05, 3.63) is 11.6 Å². The summed E-state index contributed by atoms with van der Waals surface area (Å²) in [5.41, 5.74) is 2.28. The lowest BCUT2D eigenvalue weighted by atomic mass is 9.49. The zero-order valence-corrected chi connectivity index (χ0v) is 25.4. The van der Waals surface area contributed by atoms with E-state index in [-0.39, 0.29) is 35.6 Å². The SMILES string of the molecule is C/C=C1/CC(OC(=O)CCC(=O)C(C)C)CCC1(C)C1CCC2(C)C(CCCCC(C)C)CCCC2C1. The van der Waals surface area contributed by atoms with Gasteiger partial charge in [0.2, 0.25) is 0 Å². The quantitative estimate of drug-likeness (QED) is 0.157. The molecular formula is C34H58O3. The van der Waals surface area contributed by atoms with Crippen LogP contribution in [0.2, 0.25) is 0 Å². The number of fused-ring (bicyclic) bond motifs is 1. The molecule has 0 amide bonds. The molecule has 0 saturated heterocycles. The third kappa shape index (κ3) is 7.51. The van der Waals surface area contributed by atoms with Gasteiger partial charge in [-0.15, -0.1) is 0 Å². The van der Waals surface area contributed by atoms with Gasteiger partial charge < -0.3 is 4.74 Å². The predicted octanol–water partition coefficient (Wildman–Crippen LogP) is 9.48. The van der Waals surface area contributed by atoms with Gasteiger partial charge in [0.1, 0.15) is 11.9 Å². The van der Waals surface area contributed by atoms with E-state index in [0.29, 0.717) is 11.8 Å². The van der Waals surface area contributed by atoms with Crippen molar-refractivity contribution < 1.29 is 14.3 Å². The summed E-state index contributed by atoms with van der Waals surface area (Å²) in [4.78, 5) is 24.4. The van der Waals surface area contributed by atoms with Gasteiger partial charge in [0, 0.05) is 18.8 Å². The van der Waals surface area contributed by atoms with E-state index >= 15 is 0 Å². The zero-order valence-electron chi connectivity index (χ0n) is 25.4. The Balaban J connectivity index is 1.56. The van der Waals surface area contributed by atoms with E-state index in [9.17, 15) is 9.59 Å². The van der Waals surface area contributed by atoms with Gasteiger partial charge in [-0.3, -0.25) is 9.59 Å². The number of unbranched alkanes of at least 4 members (excludes halogenated alkanes) is 1. The molecule has 212 valence electrons. The molecule has 0 N–H and O–H groups in total. The molecule has 3 nitrogen and oxygen atoms in total. The highest BCUT2D eigenvalue weighted by atomic mass is 16.5. The molecule has 0 aliphatic heterocycles. The molecule has 6 atom stereocenters. The van der Waals surface area contributed by atoms with Crippen molar-refractivity contribution in [1.29, 1.82) is 0 Å². The predicted molar refractivity (Wildman–Crippen MR) is 154 cm³/mol. The van der Waals surface area contributed by atoms with E-state index in [4.69, 9.17) is 4.74 Å². The third-order valence-corrected chi connectivity index (χ3v) is 11.1. The molecule has 0 spiro atoms. The molecule has 0 radical (unpaired) electrons. The number of carbonyl (C=O) groups is 2. The van der Waals surface area contributed by atoms with Gasteiger partial charge in [0.15, 0.2) is 0 Å². The molecule has 0 aromatic heterocycles. The lowest BCUT2D eigenvalue weighted by molar-refractivity contribution is -0.152. The monoisotopic (exact) mass is 514 g/mol. The summed E-state index contributed by atoms with van der Waals surface area (Å²) in [7, 11) is 0. The summed E-state index contributed by atoms with van der Waals surface area (Å²) < 4.78 is 5.88. The minimum atomic E-state index is -0.201. The molecule has 6 unspecified atom stereocenters. The Morgan fingerprint density at radius 1 is 0.973 bits per heavy atom. The van der Waals surface area contributed by atoms with Crippen LogP contribution in [-0.2, 0) is 14.3 Å². The van der Waals surface area contributed by atoms with Crippen molar-refractivity contribution in [2.45, 2.75) is 151 Å². The highest BCUT2D eigenvalue weighted by Crippen LogP contribution is 2.61. The lowest BCUT2D eigenvalue weighted by Gasteiger charge is -2.56. The van der Waals surface area contributed by atoms with E-state index in [1.807, 2.05) is 13.8 Å². The molecule has 0 aromatic rings. The Hall–Kier alpha value is -1.12. The molecule has 3 aliphatic carbocycles. The Morgan fingerprint density at radius 2 is 1.73 bits per heavy atom. The highest BCUT2D eigenvalue weighted by Gasteiger charge is 2.51. The normalized spacial score (nSPS) is 35.5. The highest BCUT2D eigenvalue weighted by molar-refractivity contribution is 5.84. The number of hydrogen-bond acceptors (Lipinski definition) is 3. The van der Waals surface area contributed by atoms with E-state index in [1.54, 1.807) is 0 Å². The first-order valence-corrected chi connectivity index (χ1v) is 15.9. The summed E-state index contributed by atoms with van der Waals surface area (Å²) in [6, 6.07) is 0. The maximum Gasteiger partial charge on any atom is 0.306 e. The fourth-order valence-corrected chi connectivity index (χ4v) is 8.32. The first kappa shape index (κ1) is 30.4. The van der Waals surface area contributed by atoms with Crippen LogP contribution in [0.3, 0.4) is 0 Å². The number of ether oxygens (including phenoxy) is 1. The van der Waals surface area contributed by atoms with Crippen molar-refractivity contribution >= 4 is 11.8 Å². The molecule has 3 rings (SSSR count). The zero-order chi connectivity index (χ0) is 27.2. The second-order valence-corrected chi connectivity index (χ2v) is 14.2. The van der Waals surface area contributed by atoms with Crippen LogP contribution in [0, 0.1) is 40.4 Å². The van der Waals surface area contributed by atoms with Crippen molar-refractivity contribution in [1.82, 2.24) is 0 Å². The van der Waals surface area contributed by atoms with Crippen molar-refractivity contribution in [2.75, 3.05) is 0 Å². The Labute approximate surface area is 229 Å². The van der Waals surface area contributed by atoms with Gasteiger partial charge in [0.25, 0.3) is 0 Å². The van der Waals surface area contributed by atoms with Gasteiger partial charge >= 0.3 is 5.97 Å². The molecule has 37 heavy (non-hydrogen) atoms. The summed E-state index contributed by atoms with van der Waals surface area (Å²) >= 11 is 0. The summed E-state index contributed by atoms with van der Waals surface area (Å²) in [5, 5.41) is 0. The van der Waals surface area contributed by atoms with Crippen LogP contribution in [-0.4, -0.2) is 17.9 Å². The number of esters is 1. The molecule has 3 saturated carbocycles. The van der Waals surface area contributed by atoms with Gasteiger partial charge in [-0.25, -0.2) is 0 Å². The number of carbonyl (C=O) groups excluding carboxylic acids is 2. The second-order valence-electron chi connectivity index (χ2n) is 14.2. The van der Waals surface area contributed by atoms with Crippen molar-refractivity contribution in [2.24, 2.45) is 40.4 Å². The second kappa shape index (κ2) is 13.3. The van der Waals surface area contributed by atoms with Crippen LogP contribution in [0.15, 0.2) is 11.6 Å². The number of rotatable bonds is 11. The first-order valence-electron chi connectivity index (χ1n) is 15.9. The maximum atomic E-state index is 12.5. The molecular weight excluding hydrogens is 456 g/mol. The summed E-state index contributed by atoms with van der Waals surface area (Å²) in [5.74, 6) is 3.31. The van der Waals surface area contributed by atoms with Crippen LogP contribution in [0.25, 0.3) is 0 Å². The van der Waals surface area contributed by atoms with E-state index in [1.165, 1.54) is 69.8 Å². The molecule has 0 bridgehead atoms. The topological polar surface area (TPSA) is 43.4 Å². The van der Waals surface area contributed by atoms with Crippen LogP contribution in [0.4, 0.5) is 0 Å². The number of Topliss-reactive ketones (excluding diaryl/α,β-unsaturated/α-hetero) is 1. The first-order chi connectivity index (χ1) is 17.5. The largest absolute Gasteiger partial charge is 0.462 e. The Bertz CT molecular complexity index is 795. The van der Waals surface area contributed by atoms with E-state index < -0.39 is 0 Å². The maximum absolute atomic E-state index is 12.5. The molecule has 3 heteroatoms.